The van der Waals surface area contributed by atoms with E-state index < -0.39 is 35.7 Å². The maximum Gasteiger partial charge on any atom is 0.329 e. The van der Waals surface area contributed by atoms with E-state index in [1.54, 1.807) is 19.9 Å². The molecule has 0 aliphatic carbocycles. The minimum Gasteiger partial charge on any atom is -0.459 e. The minimum atomic E-state index is -1.22. The van der Waals surface area contributed by atoms with Crippen LogP contribution in [-0.2, 0) is 14.3 Å². The Bertz CT molecular complexity index is 854. The summed E-state index contributed by atoms with van der Waals surface area (Å²) in [4.78, 5) is 36.7. The van der Waals surface area contributed by atoms with Gasteiger partial charge in [0.15, 0.2) is 11.9 Å². The standard InChI is InChI=1S/C19H20ClFN2O5/c1-10(2)16(23-18(25)15-5-4-8-27-15)19(26)28-11(3)17(24)22-14-7-6-12(20)9-13(14)21/h4-11,16H,1-3H3,(H,22,24)(H,23,25)/t11-,16-/m0/s1. The van der Waals surface area contributed by atoms with Crippen molar-refractivity contribution in [3.63, 3.8) is 0 Å². The number of halogens is 2. The number of amides is 2. The van der Waals surface area contributed by atoms with Crippen LogP contribution in [0.25, 0.3) is 0 Å². The summed E-state index contributed by atoms with van der Waals surface area (Å²) in [6, 6.07) is 5.75. The van der Waals surface area contributed by atoms with Gasteiger partial charge in [-0.1, -0.05) is 25.4 Å². The van der Waals surface area contributed by atoms with Crippen LogP contribution in [0.15, 0.2) is 41.0 Å². The average Bonchev–Trinajstić information content (AvgIpc) is 3.16. The molecule has 0 spiro atoms. The van der Waals surface area contributed by atoms with E-state index in [2.05, 4.69) is 10.6 Å². The van der Waals surface area contributed by atoms with Gasteiger partial charge in [0.05, 0.1) is 12.0 Å². The highest BCUT2D eigenvalue weighted by Gasteiger charge is 2.30. The molecule has 2 aromatic rings. The number of hydrogen-bond acceptors (Lipinski definition) is 5. The lowest BCUT2D eigenvalue weighted by molar-refractivity contribution is -0.156. The molecule has 7 nitrogen and oxygen atoms in total. The largest absolute Gasteiger partial charge is 0.459 e. The monoisotopic (exact) mass is 410 g/mol. The van der Waals surface area contributed by atoms with E-state index in [4.69, 9.17) is 20.8 Å². The molecule has 0 aliphatic heterocycles. The molecule has 28 heavy (non-hydrogen) atoms. The topological polar surface area (TPSA) is 97.6 Å². The Hall–Kier alpha value is -2.87. The summed E-state index contributed by atoms with van der Waals surface area (Å²) in [7, 11) is 0. The van der Waals surface area contributed by atoms with E-state index in [0.29, 0.717) is 0 Å². The molecular weight excluding hydrogens is 391 g/mol. The molecule has 1 aromatic carbocycles. The second kappa shape index (κ2) is 9.36. The van der Waals surface area contributed by atoms with Crippen LogP contribution in [0.4, 0.5) is 10.1 Å². The van der Waals surface area contributed by atoms with Gasteiger partial charge >= 0.3 is 5.97 Å². The number of esters is 1. The van der Waals surface area contributed by atoms with Crippen LogP contribution in [0.2, 0.25) is 5.02 Å². The van der Waals surface area contributed by atoms with Gasteiger partial charge in [0, 0.05) is 5.02 Å². The average molecular weight is 411 g/mol. The molecule has 1 aromatic heterocycles. The predicted molar refractivity (Wildman–Crippen MR) is 100 cm³/mol. The molecular formula is C19H20ClFN2O5. The Kier molecular flexibility index (Phi) is 7.17. The number of anilines is 1. The van der Waals surface area contributed by atoms with E-state index in [1.165, 1.54) is 31.4 Å². The van der Waals surface area contributed by atoms with Gasteiger partial charge in [-0.25, -0.2) is 9.18 Å². The summed E-state index contributed by atoms with van der Waals surface area (Å²) in [5.41, 5.74) is -0.0937. The molecule has 2 N–H and O–H groups in total. The molecule has 0 saturated heterocycles. The number of ether oxygens (including phenoxy) is 1. The van der Waals surface area contributed by atoms with Crippen molar-refractivity contribution < 1.29 is 27.9 Å². The highest BCUT2D eigenvalue weighted by Crippen LogP contribution is 2.19. The molecule has 2 atom stereocenters. The molecule has 0 fully saturated rings. The Morgan fingerprint density at radius 2 is 1.89 bits per heavy atom. The van der Waals surface area contributed by atoms with Crippen molar-refractivity contribution in [2.45, 2.75) is 32.9 Å². The van der Waals surface area contributed by atoms with Gasteiger partial charge in [0.2, 0.25) is 0 Å². The third-order valence-corrected chi connectivity index (χ3v) is 4.04. The Morgan fingerprint density at radius 3 is 2.46 bits per heavy atom. The third-order valence-electron chi connectivity index (χ3n) is 3.80. The number of hydrogen-bond donors (Lipinski definition) is 2. The first-order chi connectivity index (χ1) is 13.2. The van der Waals surface area contributed by atoms with E-state index in [0.717, 1.165) is 6.07 Å². The van der Waals surface area contributed by atoms with Crippen molar-refractivity contribution in [1.82, 2.24) is 5.32 Å². The van der Waals surface area contributed by atoms with Crippen molar-refractivity contribution in [2.75, 3.05) is 5.32 Å². The van der Waals surface area contributed by atoms with Crippen LogP contribution in [0, 0.1) is 11.7 Å². The number of furan rings is 1. The summed E-state index contributed by atoms with van der Waals surface area (Å²) in [6.07, 6.45) is 0.115. The molecule has 0 radical (unpaired) electrons. The summed E-state index contributed by atoms with van der Waals surface area (Å²) in [6.45, 7) is 4.76. The molecule has 2 rings (SSSR count). The second-order valence-electron chi connectivity index (χ2n) is 6.36. The van der Waals surface area contributed by atoms with Crippen molar-refractivity contribution in [3.8, 4) is 0 Å². The molecule has 1 heterocycles. The smallest absolute Gasteiger partial charge is 0.329 e. The van der Waals surface area contributed by atoms with E-state index >= 15 is 0 Å². The maximum absolute atomic E-state index is 13.8. The fourth-order valence-corrected chi connectivity index (χ4v) is 2.40. The number of benzene rings is 1. The highest BCUT2D eigenvalue weighted by atomic mass is 35.5. The normalized spacial score (nSPS) is 12.9. The van der Waals surface area contributed by atoms with Crippen LogP contribution >= 0.6 is 11.6 Å². The SMILES string of the molecule is CC(C)[C@H](NC(=O)c1ccco1)C(=O)O[C@@H](C)C(=O)Nc1ccc(Cl)cc1F. The van der Waals surface area contributed by atoms with Crippen molar-refractivity contribution >= 4 is 35.1 Å². The van der Waals surface area contributed by atoms with Gasteiger partial charge in [-0.2, -0.15) is 0 Å². The molecule has 0 unspecified atom stereocenters. The van der Waals surface area contributed by atoms with Gasteiger partial charge in [-0.3, -0.25) is 9.59 Å². The van der Waals surface area contributed by atoms with Gasteiger partial charge < -0.3 is 19.8 Å². The number of carbonyl (C=O) groups is 3. The van der Waals surface area contributed by atoms with Gasteiger partial charge in [-0.15, -0.1) is 0 Å². The molecule has 0 aliphatic rings. The first kappa shape index (κ1) is 21.4. The van der Waals surface area contributed by atoms with Crippen molar-refractivity contribution in [3.05, 3.63) is 53.2 Å². The van der Waals surface area contributed by atoms with Crippen LogP contribution in [-0.4, -0.2) is 29.9 Å². The third kappa shape index (κ3) is 5.56. The zero-order chi connectivity index (χ0) is 20.8. The van der Waals surface area contributed by atoms with Crippen molar-refractivity contribution in [2.24, 2.45) is 5.92 Å². The Balaban J connectivity index is 1.99. The van der Waals surface area contributed by atoms with E-state index in [9.17, 15) is 18.8 Å². The molecule has 0 saturated carbocycles. The van der Waals surface area contributed by atoms with Gasteiger partial charge in [-0.05, 0) is 43.2 Å². The van der Waals surface area contributed by atoms with Gasteiger partial charge in [0.25, 0.3) is 11.8 Å². The zero-order valence-corrected chi connectivity index (χ0v) is 16.2. The first-order valence-electron chi connectivity index (χ1n) is 8.49. The van der Waals surface area contributed by atoms with Gasteiger partial charge in [0.1, 0.15) is 11.9 Å². The molecule has 150 valence electrons. The number of carbonyl (C=O) groups excluding carboxylic acids is 3. The number of rotatable bonds is 7. The quantitative estimate of drug-likeness (QED) is 0.682. The molecule has 0 bridgehead atoms. The van der Waals surface area contributed by atoms with Crippen LogP contribution in [0.5, 0.6) is 0 Å². The highest BCUT2D eigenvalue weighted by molar-refractivity contribution is 6.30. The Morgan fingerprint density at radius 1 is 1.18 bits per heavy atom. The first-order valence-corrected chi connectivity index (χ1v) is 8.87. The van der Waals surface area contributed by atoms with Crippen molar-refractivity contribution in [1.29, 1.82) is 0 Å². The minimum absolute atomic E-state index is 0.0439. The van der Waals surface area contributed by atoms with Crippen LogP contribution in [0.3, 0.4) is 0 Å². The fraction of sp³-hybridized carbons (Fsp3) is 0.316. The zero-order valence-electron chi connectivity index (χ0n) is 15.5. The summed E-state index contributed by atoms with van der Waals surface area (Å²) in [5, 5.41) is 5.02. The lowest BCUT2D eigenvalue weighted by atomic mass is 10.0. The summed E-state index contributed by atoms with van der Waals surface area (Å²) < 4.78 is 23.9. The number of nitrogens with one attached hydrogen (secondary N) is 2. The fourth-order valence-electron chi connectivity index (χ4n) is 2.24. The lowest BCUT2D eigenvalue weighted by Crippen LogP contribution is -2.47. The predicted octanol–water partition coefficient (Wildman–Crippen LogP) is 3.40. The van der Waals surface area contributed by atoms with E-state index in [1.807, 2.05) is 0 Å². The molecule has 9 heteroatoms. The molecule has 2 amide bonds. The lowest BCUT2D eigenvalue weighted by Gasteiger charge is -2.22. The summed E-state index contributed by atoms with van der Waals surface area (Å²) in [5.74, 6) is -3.09. The summed E-state index contributed by atoms with van der Waals surface area (Å²) >= 11 is 5.66. The van der Waals surface area contributed by atoms with Crippen LogP contribution in [0.1, 0.15) is 31.3 Å². The van der Waals surface area contributed by atoms with Crippen LogP contribution < -0.4 is 10.6 Å². The second-order valence-corrected chi connectivity index (χ2v) is 6.80. The van der Waals surface area contributed by atoms with E-state index in [-0.39, 0.29) is 22.4 Å². The maximum atomic E-state index is 13.8. The Labute approximate surface area is 166 Å².